The highest BCUT2D eigenvalue weighted by atomic mass is 32.2. The second kappa shape index (κ2) is 6.57. The molecule has 17 heavy (non-hydrogen) atoms. The van der Waals surface area contributed by atoms with Crippen molar-refractivity contribution in [2.24, 2.45) is 5.73 Å². The van der Waals surface area contributed by atoms with E-state index in [2.05, 4.69) is 6.92 Å². The van der Waals surface area contributed by atoms with E-state index in [1.54, 1.807) is 36.4 Å². The first-order valence-corrected chi connectivity index (χ1v) is 7.35. The van der Waals surface area contributed by atoms with Gasteiger partial charge >= 0.3 is 0 Å². The monoisotopic (exact) mass is 253 g/mol. The van der Waals surface area contributed by atoms with E-state index in [1.807, 2.05) is 0 Å². The maximum atomic E-state index is 11.9. The van der Waals surface area contributed by atoms with E-state index < -0.39 is 9.84 Å². The molecule has 0 bridgehead atoms. The molecule has 4 heteroatoms. The maximum Gasteiger partial charge on any atom is 0.199 e. The number of hydrogen-bond acceptors (Lipinski definition) is 3. The molecule has 0 radical (unpaired) electrons. The van der Waals surface area contributed by atoms with Gasteiger partial charge in [-0.3, -0.25) is 0 Å². The minimum atomic E-state index is -3.34. The molecule has 0 saturated carbocycles. The van der Waals surface area contributed by atoms with Crippen LogP contribution < -0.4 is 5.73 Å². The van der Waals surface area contributed by atoms with Crippen molar-refractivity contribution in [3.63, 3.8) is 0 Å². The summed E-state index contributed by atoms with van der Waals surface area (Å²) in [7, 11) is -3.34. The zero-order valence-corrected chi connectivity index (χ0v) is 10.9. The smallest absolute Gasteiger partial charge is 0.199 e. The number of benzene rings is 1. The van der Waals surface area contributed by atoms with Crippen LogP contribution in [0.15, 0.2) is 46.7 Å². The fourth-order valence-electron chi connectivity index (χ4n) is 1.43. The lowest BCUT2D eigenvalue weighted by atomic mass is 10.1. The van der Waals surface area contributed by atoms with Crippen molar-refractivity contribution in [1.29, 1.82) is 0 Å². The minimum Gasteiger partial charge on any atom is -0.324 e. The fraction of sp³-hybridized carbons (Fsp3) is 0.385. The highest BCUT2D eigenvalue weighted by Crippen LogP contribution is 2.11. The van der Waals surface area contributed by atoms with Crippen molar-refractivity contribution in [1.82, 2.24) is 0 Å². The van der Waals surface area contributed by atoms with Gasteiger partial charge in [0.05, 0.1) is 4.90 Å². The molecule has 1 atom stereocenters. The Bertz CT molecular complexity index is 452. The first-order chi connectivity index (χ1) is 8.06. The standard InChI is InChI=1S/C13H19NO2S/c1-2-3-7-12(14)10-11-17(15,16)13-8-5-4-6-9-13/h4-6,8-12H,2-3,7,14H2,1H3/b11-10+/t12-/m0/s1. The highest BCUT2D eigenvalue weighted by Gasteiger charge is 2.09. The Labute approximate surface area is 103 Å². The molecule has 0 unspecified atom stereocenters. The second-order valence-electron chi connectivity index (χ2n) is 3.99. The SMILES string of the molecule is CCCC[C@H](N)/C=C/S(=O)(=O)c1ccccc1. The van der Waals surface area contributed by atoms with Gasteiger partial charge in [-0.2, -0.15) is 0 Å². The van der Waals surface area contributed by atoms with Gasteiger partial charge in [-0.25, -0.2) is 8.42 Å². The molecular formula is C13H19NO2S. The van der Waals surface area contributed by atoms with E-state index in [9.17, 15) is 8.42 Å². The maximum absolute atomic E-state index is 11.9. The third-order valence-corrected chi connectivity index (χ3v) is 3.91. The first-order valence-electron chi connectivity index (χ1n) is 5.80. The molecule has 1 aromatic carbocycles. The average molecular weight is 253 g/mol. The molecule has 2 N–H and O–H groups in total. The molecular weight excluding hydrogens is 234 g/mol. The summed E-state index contributed by atoms with van der Waals surface area (Å²) < 4.78 is 23.7. The Morgan fingerprint density at radius 1 is 1.29 bits per heavy atom. The van der Waals surface area contributed by atoms with E-state index >= 15 is 0 Å². The summed E-state index contributed by atoms with van der Waals surface area (Å²) in [6.07, 6.45) is 4.46. The summed E-state index contributed by atoms with van der Waals surface area (Å²) in [4.78, 5) is 0.305. The molecule has 94 valence electrons. The first kappa shape index (κ1) is 13.9. The summed E-state index contributed by atoms with van der Waals surface area (Å²) in [6, 6.07) is 8.17. The summed E-state index contributed by atoms with van der Waals surface area (Å²) in [6.45, 7) is 2.08. The van der Waals surface area contributed by atoms with Gasteiger partial charge in [0.2, 0.25) is 0 Å². The van der Waals surface area contributed by atoms with Crippen molar-refractivity contribution in [3.8, 4) is 0 Å². The zero-order valence-electron chi connectivity index (χ0n) is 10.0. The van der Waals surface area contributed by atoms with Crippen LogP contribution in [0.4, 0.5) is 0 Å². The van der Waals surface area contributed by atoms with Gasteiger partial charge in [-0.15, -0.1) is 0 Å². The zero-order chi connectivity index (χ0) is 12.7. The van der Waals surface area contributed by atoms with E-state index in [0.717, 1.165) is 19.3 Å². The highest BCUT2D eigenvalue weighted by molar-refractivity contribution is 7.94. The van der Waals surface area contributed by atoms with Gasteiger partial charge < -0.3 is 5.73 Å². The molecule has 1 aromatic rings. The molecule has 0 aliphatic heterocycles. The summed E-state index contributed by atoms with van der Waals surface area (Å²) in [5, 5.41) is 1.21. The second-order valence-corrected chi connectivity index (χ2v) is 5.83. The number of sulfone groups is 1. The summed E-state index contributed by atoms with van der Waals surface area (Å²) in [5.41, 5.74) is 5.79. The van der Waals surface area contributed by atoms with Crippen LogP contribution in [0.5, 0.6) is 0 Å². The van der Waals surface area contributed by atoms with E-state index in [4.69, 9.17) is 5.73 Å². The molecule has 1 rings (SSSR count). The van der Waals surface area contributed by atoms with Crippen LogP contribution in [-0.2, 0) is 9.84 Å². The Hall–Kier alpha value is -1.13. The van der Waals surface area contributed by atoms with Gasteiger partial charge in [-0.1, -0.05) is 44.0 Å². The van der Waals surface area contributed by atoms with Crippen LogP contribution in [-0.4, -0.2) is 14.5 Å². The quantitative estimate of drug-likeness (QED) is 0.847. The van der Waals surface area contributed by atoms with Gasteiger partial charge in [0.1, 0.15) is 0 Å². The minimum absolute atomic E-state index is 0.187. The Kier molecular flexibility index (Phi) is 5.38. The van der Waals surface area contributed by atoms with Crippen molar-refractivity contribution >= 4 is 9.84 Å². The predicted molar refractivity (Wildman–Crippen MR) is 70.3 cm³/mol. The Morgan fingerprint density at radius 3 is 2.53 bits per heavy atom. The van der Waals surface area contributed by atoms with Crippen molar-refractivity contribution < 1.29 is 8.42 Å². The van der Waals surface area contributed by atoms with Crippen molar-refractivity contribution in [3.05, 3.63) is 41.8 Å². The van der Waals surface area contributed by atoms with Crippen molar-refractivity contribution in [2.75, 3.05) is 0 Å². The number of hydrogen-bond donors (Lipinski definition) is 1. The van der Waals surface area contributed by atoms with E-state index in [1.165, 1.54) is 5.41 Å². The third-order valence-electron chi connectivity index (χ3n) is 2.47. The Morgan fingerprint density at radius 2 is 1.94 bits per heavy atom. The number of rotatable bonds is 6. The normalized spacial score (nSPS) is 14.0. The summed E-state index contributed by atoms with van der Waals surface area (Å²) >= 11 is 0. The van der Waals surface area contributed by atoms with Crippen LogP contribution in [0.2, 0.25) is 0 Å². The lowest BCUT2D eigenvalue weighted by Gasteiger charge is -2.04. The third kappa shape index (κ3) is 4.71. The van der Waals surface area contributed by atoms with Crippen LogP contribution in [0.1, 0.15) is 26.2 Å². The largest absolute Gasteiger partial charge is 0.324 e. The van der Waals surface area contributed by atoms with Crippen LogP contribution in [0.3, 0.4) is 0 Å². The van der Waals surface area contributed by atoms with Gasteiger partial charge in [0, 0.05) is 11.4 Å². The van der Waals surface area contributed by atoms with E-state index in [-0.39, 0.29) is 6.04 Å². The van der Waals surface area contributed by atoms with Crippen molar-refractivity contribution in [2.45, 2.75) is 37.1 Å². The average Bonchev–Trinajstić information content (AvgIpc) is 2.35. The number of unbranched alkanes of at least 4 members (excludes halogenated alkanes) is 1. The molecule has 0 amide bonds. The molecule has 0 aromatic heterocycles. The molecule has 0 spiro atoms. The van der Waals surface area contributed by atoms with E-state index in [0.29, 0.717) is 4.90 Å². The summed E-state index contributed by atoms with van der Waals surface area (Å²) in [5.74, 6) is 0. The fourth-order valence-corrected chi connectivity index (χ4v) is 2.53. The van der Waals surface area contributed by atoms with Gasteiger partial charge in [0.25, 0.3) is 0 Å². The molecule has 3 nitrogen and oxygen atoms in total. The molecule has 0 fully saturated rings. The van der Waals surface area contributed by atoms with Gasteiger partial charge in [0.15, 0.2) is 9.84 Å². The lowest BCUT2D eigenvalue weighted by Crippen LogP contribution is -2.16. The molecule has 0 heterocycles. The van der Waals surface area contributed by atoms with Crippen LogP contribution in [0.25, 0.3) is 0 Å². The number of nitrogens with two attached hydrogens (primary N) is 1. The predicted octanol–water partition coefficient (Wildman–Crippen LogP) is 2.49. The topological polar surface area (TPSA) is 60.2 Å². The lowest BCUT2D eigenvalue weighted by molar-refractivity contribution is 0.603. The van der Waals surface area contributed by atoms with Crippen LogP contribution in [0, 0.1) is 0 Å². The Balaban J connectivity index is 2.71. The van der Waals surface area contributed by atoms with Crippen LogP contribution >= 0.6 is 0 Å². The molecule has 0 saturated heterocycles. The molecule has 0 aliphatic rings. The molecule has 0 aliphatic carbocycles. The van der Waals surface area contributed by atoms with Gasteiger partial charge in [-0.05, 0) is 18.6 Å².